The van der Waals surface area contributed by atoms with Crippen LogP contribution in [0.1, 0.15) is 24.5 Å². The smallest absolute Gasteiger partial charge is 0.242 e. The van der Waals surface area contributed by atoms with E-state index >= 15 is 0 Å². The number of aliphatic hydroxyl groups is 1. The van der Waals surface area contributed by atoms with E-state index in [9.17, 15) is 9.90 Å². The topological polar surface area (TPSA) is 79.5 Å². The second kappa shape index (κ2) is 8.45. The van der Waals surface area contributed by atoms with Gasteiger partial charge in [-0.3, -0.25) is 9.78 Å². The molecule has 3 N–H and O–H groups in total. The molecule has 7 heteroatoms. The summed E-state index contributed by atoms with van der Waals surface area (Å²) in [6.07, 6.45) is 4.29. The van der Waals surface area contributed by atoms with Crippen LogP contribution in [-0.2, 0) is 4.79 Å². The van der Waals surface area contributed by atoms with Gasteiger partial charge in [-0.25, -0.2) is 0 Å². The maximum absolute atomic E-state index is 12.3. The van der Waals surface area contributed by atoms with Gasteiger partial charge >= 0.3 is 0 Å². The molecule has 1 amide bonds. The Bertz CT molecular complexity index is 657. The number of nitrogens with two attached hydrogens (primary N) is 1. The van der Waals surface area contributed by atoms with Crippen LogP contribution in [0.4, 0.5) is 0 Å². The Labute approximate surface area is 147 Å². The number of rotatable bonds is 3. The Morgan fingerprint density at radius 1 is 1.17 bits per heavy atom. The number of fused-ring (bicyclic) bond motifs is 1. The van der Waals surface area contributed by atoms with Crippen LogP contribution in [0.15, 0.2) is 36.7 Å². The summed E-state index contributed by atoms with van der Waals surface area (Å²) in [4.78, 5) is 18.2. The third-order valence-electron chi connectivity index (χ3n) is 4.06. The fourth-order valence-corrected chi connectivity index (χ4v) is 2.85. The largest absolute Gasteiger partial charge is 0.386 e. The number of hydrogen-bond acceptors (Lipinski definition) is 4. The second-order valence-corrected chi connectivity index (χ2v) is 5.45. The number of halogens is 2. The molecule has 0 saturated carbocycles. The van der Waals surface area contributed by atoms with E-state index < -0.39 is 12.1 Å². The van der Waals surface area contributed by atoms with Crippen molar-refractivity contribution in [1.29, 1.82) is 0 Å². The van der Waals surface area contributed by atoms with Crippen molar-refractivity contribution in [2.24, 2.45) is 5.73 Å². The van der Waals surface area contributed by atoms with Gasteiger partial charge in [-0.15, -0.1) is 24.8 Å². The van der Waals surface area contributed by atoms with Crippen molar-refractivity contribution in [1.82, 2.24) is 9.88 Å². The molecule has 23 heavy (non-hydrogen) atoms. The number of aromatic nitrogens is 1. The number of aliphatic hydroxyl groups excluding tert-OH is 1. The van der Waals surface area contributed by atoms with Crippen LogP contribution in [-0.4, -0.2) is 40.0 Å². The van der Waals surface area contributed by atoms with Crippen LogP contribution in [0.5, 0.6) is 0 Å². The van der Waals surface area contributed by atoms with E-state index in [0.717, 1.165) is 36.7 Å². The van der Waals surface area contributed by atoms with Gasteiger partial charge < -0.3 is 15.7 Å². The van der Waals surface area contributed by atoms with Gasteiger partial charge in [-0.05, 0) is 18.2 Å². The molecular formula is C16H21Cl2N3O2. The molecule has 2 heterocycles. The zero-order valence-electron chi connectivity index (χ0n) is 12.6. The highest BCUT2D eigenvalue weighted by atomic mass is 35.5. The van der Waals surface area contributed by atoms with Crippen LogP contribution in [0, 0.1) is 0 Å². The van der Waals surface area contributed by atoms with Gasteiger partial charge in [0.15, 0.2) is 0 Å². The first-order valence-electron chi connectivity index (χ1n) is 7.23. The number of amides is 1. The minimum absolute atomic E-state index is 0. The predicted molar refractivity (Wildman–Crippen MR) is 95.0 cm³/mol. The summed E-state index contributed by atoms with van der Waals surface area (Å²) >= 11 is 0. The molecule has 1 saturated heterocycles. The molecule has 2 atom stereocenters. The van der Waals surface area contributed by atoms with Crippen LogP contribution >= 0.6 is 24.8 Å². The minimum atomic E-state index is -1.04. The fourth-order valence-electron chi connectivity index (χ4n) is 2.85. The Balaban J connectivity index is 0.00000132. The number of benzene rings is 1. The molecule has 3 rings (SSSR count). The van der Waals surface area contributed by atoms with Crippen LogP contribution in [0.2, 0.25) is 0 Å². The van der Waals surface area contributed by atoms with E-state index in [-0.39, 0.29) is 30.7 Å². The van der Waals surface area contributed by atoms with Gasteiger partial charge in [0, 0.05) is 36.4 Å². The zero-order chi connectivity index (χ0) is 14.8. The highest BCUT2D eigenvalue weighted by Crippen LogP contribution is 2.25. The molecule has 1 aromatic heterocycles. The van der Waals surface area contributed by atoms with Gasteiger partial charge in [-0.1, -0.05) is 24.3 Å². The number of carbonyl (C=O) groups excluding carboxylic acids is 1. The first-order valence-corrected chi connectivity index (χ1v) is 7.23. The molecule has 1 aromatic carbocycles. The SMILES string of the molecule is Cl.Cl.NC(C(=O)N1CCCC1)C(O)c1cncc2ccccc12. The Kier molecular flexibility index (Phi) is 7.22. The Hall–Kier alpha value is -1.40. The fraction of sp³-hybridized carbons (Fsp3) is 0.375. The van der Waals surface area contributed by atoms with Crippen LogP contribution in [0.25, 0.3) is 10.8 Å². The predicted octanol–water partition coefficient (Wildman–Crippen LogP) is 2.06. The third-order valence-corrected chi connectivity index (χ3v) is 4.06. The summed E-state index contributed by atoms with van der Waals surface area (Å²) in [5.41, 5.74) is 6.60. The van der Waals surface area contributed by atoms with Gasteiger partial charge in [0.2, 0.25) is 5.91 Å². The lowest BCUT2D eigenvalue weighted by Gasteiger charge is -2.24. The standard InChI is InChI=1S/C16H19N3O2.2ClH/c17-14(16(21)19-7-3-4-8-19)15(20)13-10-18-9-11-5-1-2-6-12(11)13;;/h1-2,5-6,9-10,14-15,20H,3-4,7-8,17H2;2*1H. The highest BCUT2D eigenvalue weighted by molar-refractivity contribution is 5.87. The van der Waals surface area contributed by atoms with Crippen LogP contribution < -0.4 is 5.73 Å². The first kappa shape index (κ1) is 19.6. The summed E-state index contributed by atoms with van der Waals surface area (Å²) in [6.45, 7) is 1.46. The summed E-state index contributed by atoms with van der Waals surface area (Å²) in [5.74, 6) is -0.187. The number of nitrogens with zero attached hydrogens (tertiary/aromatic N) is 2. The van der Waals surface area contributed by atoms with Crippen molar-refractivity contribution < 1.29 is 9.90 Å². The Morgan fingerprint density at radius 2 is 1.83 bits per heavy atom. The Morgan fingerprint density at radius 3 is 2.52 bits per heavy atom. The summed E-state index contributed by atoms with van der Waals surface area (Å²) < 4.78 is 0. The highest BCUT2D eigenvalue weighted by Gasteiger charge is 2.30. The van der Waals surface area contributed by atoms with Crippen molar-refractivity contribution in [3.63, 3.8) is 0 Å². The molecule has 2 aromatic rings. The van der Waals surface area contributed by atoms with Gasteiger partial charge in [0.25, 0.3) is 0 Å². The van der Waals surface area contributed by atoms with E-state index in [1.165, 1.54) is 0 Å². The van der Waals surface area contributed by atoms with E-state index in [2.05, 4.69) is 4.98 Å². The van der Waals surface area contributed by atoms with E-state index in [4.69, 9.17) is 5.73 Å². The maximum atomic E-state index is 12.3. The zero-order valence-corrected chi connectivity index (χ0v) is 14.2. The lowest BCUT2D eigenvalue weighted by molar-refractivity contribution is -0.134. The van der Waals surface area contributed by atoms with Gasteiger partial charge in [-0.2, -0.15) is 0 Å². The number of hydrogen-bond donors (Lipinski definition) is 2. The molecule has 5 nitrogen and oxygen atoms in total. The van der Waals surface area contributed by atoms with E-state index in [0.29, 0.717) is 5.56 Å². The molecule has 1 aliphatic rings. The normalized spacial score (nSPS) is 16.3. The van der Waals surface area contributed by atoms with E-state index in [1.54, 1.807) is 17.3 Å². The molecule has 0 bridgehead atoms. The lowest BCUT2D eigenvalue weighted by Crippen LogP contribution is -2.45. The third kappa shape index (κ3) is 3.93. The maximum Gasteiger partial charge on any atom is 0.242 e. The molecular weight excluding hydrogens is 337 g/mol. The molecule has 0 spiro atoms. The lowest BCUT2D eigenvalue weighted by atomic mass is 9.98. The molecule has 1 aliphatic heterocycles. The van der Waals surface area contributed by atoms with Crippen molar-refractivity contribution in [2.45, 2.75) is 25.0 Å². The molecule has 2 unspecified atom stereocenters. The second-order valence-electron chi connectivity index (χ2n) is 5.45. The number of pyridine rings is 1. The number of likely N-dealkylation sites (tertiary alicyclic amines) is 1. The molecule has 126 valence electrons. The van der Waals surface area contributed by atoms with Gasteiger partial charge in [0.05, 0.1) is 0 Å². The first-order chi connectivity index (χ1) is 10.2. The molecule has 0 radical (unpaired) electrons. The summed E-state index contributed by atoms with van der Waals surface area (Å²) in [7, 11) is 0. The summed E-state index contributed by atoms with van der Waals surface area (Å²) in [6, 6.07) is 6.69. The quantitative estimate of drug-likeness (QED) is 0.880. The molecule has 0 aliphatic carbocycles. The summed E-state index contributed by atoms with van der Waals surface area (Å²) in [5, 5.41) is 12.3. The van der Waals surface area contributed by atoms with Gasteiger partial charge in [0.1, 0.15) is 12.1 Å². The van der Waals surface area contributed by atoms with Crippen molar-refractivity contribution in [3.8, 4) is 0 Å². The number of carbonyl (C=O) groups is 1. The van der Waals surface area contributed by atoms with Crippen molar-refractivity contribution in [3.05, 3.63) is 42.2 Å². The van der Waals surface area contributed by atoms with E-state index in [1.807, 2.05) is 24.3 Å². The minimum Gasteiger partial charge on any atom is -0.386 e. The average molecular weight is 358 g/mol. The molecule has 1 fully saturated rings. The van der Waals surface area contributed by atoms with Crippen molar-refractivity contribution in [2.75, 3.05) is 13.1 Å². The monoisotopic (exact) mass is 357 g/mol. The average Bonchev–Trinajstić information content (AvgIpc) is 3.06. The van der Waals surface area contributed by atoms with Crippen LogP contribution in [0.3, 0.4) is 0 Å². The van der Waals surface area contributed by atoms with Crippen molar-refractivity contribution >= 4 is 41.5 Å².